The predicted octanol–water partition coefficient (Wildman–Crippen LogP) is 3.94. The van der Waals surface area contributed by atoms with E-state index in [2.05, 4.69) is 0 Å². The first-order valence-electron chi connectivity index (χ1n) is 6.21. The van der Waals surface area contributed by atoms with Gasteiger partial charge in [0, 0.05) is 5.02 Å². The summed E-state index contributed by atoms with van der Waals surface area (Å²) in [6.07, 6.45) is 0. The average molecular weight is 291 g/mol. The standard InChI is InChI=1S/C16H15ClO3/c1-11-3-6-14(7-4-11)20-16(18)10-19-15-8-5-13(17)9-12(15)2/h3-9H,10H2,1-2H3. The third-order valence-corrected chi connectivity index (χ3v) is 2.97. The van der Waals surface area contributed by atoms with E-state index in [1.165, 1.54) is 0 Å². The number of benzene rings is 2. The third-order valence-electron chi connectivity index (χ3n) is 2.74. The molecular weight excluding hydrogens is 276 g/mol. The maximum absolute atomic E-state index is 11.7. The highest BCUT2D eigenvalue weighted by molar-refractivity contribution is 6.30. The Bertz CT molecular complexity index is 606. The van der Waals surface area contributed by atoms with Gasteiger partial charge in [-0.25, -0.2) is 4.79 Å². The van der Waals surface area contributed by atoms with Crippen LogP contribution in [0.3, 0.4) is 0 Å². The van der Waals surface area contributed by atoms with Crippen molar-refractivity contribution in [3.63, 3.8) is 0 Å². The Balaban J connectivity index is 1.90. The van der Waals surface area contributed by atoms with Crippen LogP contribution in [-0.2, 0) is 4.79 Å². The van der Waals surface area contributed by atoms with E-state index in [1.807, 2.05) is 26.0 Å². The van der Waals surface area contributed by atoms with Crippen LogP contribution >= 0.6 is 11.6 Å². The van der Waals surface area contributed by atoms with Crippen LogP contribution in [0.1, 0.15) is 11.1 Å². The van der Waals surface area contributed by atoms with Crippen LogP contribution < -0.4 is 9.47 Å². The molecule has 2 rings (SSSR count). The monoisotopic (exact) mass is 290 g/mol. The van der Waals surface area contributed by atoms with Gasteiger partial charge in [-0.2, -0.15) is 0 Å². The molecule has 0 spiro atoms. The van der Waals surface area contributed by atoms with Crippen molar-refractivity contribution in [1.82, 2.24) is 0 Å². The zero-order valence-electron chi connectivity index (χ0n) is 11.4. The zero-order valence-corrected chi connectivity index (χ0v) is 12.1. The Morgan fingerprint density at radius 2 is 1.80 bits per heavy atom. The van der Waals surface area contributed by atoms with Crippen molar-refractivity contribution < 1.29 is 14.3 Å². The Morgan fingerprint density at radius 1 is 1.10 bits per heavy atom. The molecule has 0 amide bonds. The van der Waals surface area contributed by atoms with E-state index in [0.717, 1.165) is 11.1 Å². The van der Waals surface area contributed by atoms with Crippen LogP contribution in [0.4, 0.5) is 0 Å². The molecule has 2 aromatic rings. The average Bonchev–Trinajstić information content (AvgIpc) is 2.40. The highest BCUT2D eigenvalue weighted by Gasteiger charge is 2.07. The van der Waals surface area contributed by atoms with Crippen molar-refractivity contribution in [3.8, 4) is 11.5 Å². The van der Waals surface area contributed by atoms with Crippen LogP contribution in [0.5, 0.6) is 11.5 Å². The molecule has 0 bridgehead atoms. The minimum atomic E-state index is -0.441. The van der Waals surface area contributed by atoms with Crippen molar-refractivity contribution in [1.29, 1.82) is 0 Å². The molecular formula is C16H15ClO3. The summed E-state index contributed by atoms with van der Waals surface area (Å²) in [5.41, 5.74) is 1.98. The highest BCUT2D eigenvalue weighted by atomic mass is 35.5. The van der Waals surface area contributed by atoms with Gasteiger partial charge < -0.3 is 9.47 Å². The Kier molecular flexibility index (Phi) is 4.64. The van der Waals surface area contributed by atoms with Crippen LogP contribution in [-0.4, -0.2) is 12.6 Å². The minimum absolute atomic E-state index is 0.143. The number of halogens is 1. The molecule has 0 aliphatic carbocycles. The molecule has 3 nitrogen and oxygen atoms in total. The zero-order chi connectivity index (χ0) is 14.5. The molecule has 0 unspecified atom stereocenters. The van der Waals surface area contributed by atoms with Crippen molar-refractivity contribution >= 4 is 17.6 Å². The number of carbonyl (C=O) groups is 1. The first-order chi connectivity index (χ1) is 9.54. The summed E-state index contributed by atoms with van der Waals surface area (Å²) in [7, 11) is 0. The molecule has 104 valence electrons. The maximum atomic E-state index is 11.7. The van der Waals surface area contributed by atoms with Crippen molar-refractivity contribution in [2.75, 3.05) is 6.61 Å². The molecule has 0 aromatic heterocycles. The van der Waals surface area contributed by atoms with Crippen molar-refractivity contribution in [2.45, 2.75) is 13.8 Å². The maximum Gasteiger partial charge on any atom is 0.349 e. The van der Waals surface area contributed by atoms with E-state index in [0.29, 0.717) is 16.5 Å². The molecule has 0 saturated heterocycles. The van der Waals surface area contributed by atoms with Crippen LogP contribution in [0.25, 0.3) is 0 Å². The first-order valence-corrected chi connectivity index (χ1v) is 6.59. The second-order valence-corrected chi connectivity index (χ2v) is 4.92. The lowest BCUT2D eigenvalue weighted by Gasteiger charge is -2.09. The lowest BCUT2D eigenvalue weighted by Crippen LogP contribution is -2.17. The Hall–Kier alpha value is -2.00. The number of hydrogen-bond acceptors (Lipinski definition) is 3. The Labute approximate surface area is 123 Å². The van der Waals surface area contributed by atoms with E-state index in [-0.39, 0.29) is 6.61 Å². The van der Waals surface area contributed by atoms with E-state index in [1.54, 1.807) is 30.3 Å². The molecule has 0 fully saturated rings. The summed E-state index contributed by atoms with van der Waals surface area (Å²) in [6, 6.07) is 12.5. The fraction of sp³-hybridized carbons (Fsp3) is 0.188. The molecule has 0 aliphatic rings. The number of aryl methyl sites for hydroxylation is 2. The predicted molar refractivity (Wildman–Crippen MR) is 78.5 cm³/mol. The fourth-order valence-corrected chi connectivity index (χ4v) is 1.91. The number of carbonyl (C=O) groups excluding carboxylic acids is 1. The van der Waals surface area contributed by atoms with Crippen LogP contribution in [0.2, 0.25) is 5.02 Å². The summed E-state index contributed by atoms with van der Waals surface area (Å²) < 4.78 is 10.6. The number of rotatable bonds is 4. The summed E-state index contributed by atoms with van der Waals surface area (Å²) in [4.78, 5) is 11.7. The van der Waals surface area contributed by atoms with E-state index < -0.39 is 5.97 Å². The summed E-state index contributed by atoms with van der Waals surface area (Å²) in [6.45, 7) is 3.70. The SMILES string of the molecule is Cc1ccc(OC(=O)COc2ccc(Cl)cc2C)cc1. The summed E-state index contributed by atoms with van der Waals surface area (Å²) in [5, 5.41) is 0.636. The smallest absolute Gasteiger partial charge is 0.349 e. The first kappa shape index (κ1) is 14.4. The molecule has 4 heteroatoms. The van der Waals surface area contributed by atoms with E-state index in [4.69, 9.17) is 21.1 Å². The molecule has 0 heterocycles. The van der Waals surface area contributed by atoms with Gasteiger partial charge in [-0.3, -0.25) is 0 Å². The van der Waals surface area contributed by atoms with Gasteiger partial charge in [0.1, 0.15) is 11.5 Å². The lowest BCUT2D eigenvalue weighted by molar-refractivity contribution is -0.136. The second-order valence-electron chi connectivity index (χ2n) is 4.49. The van der Waals surface area contributed by atoms with Gasteiger partial charge in [-0.1, -0.05) is 29.3 Å². The second kappa shape index (κ2) is 6.44. The van der Waals surface area contributed by atoms with Gasteiger partial charge in [0.15, 0.2) is 6.61 Å². The molecule has 0 atom stereocenters. The highest BCUT2D eigenvalue weighted by Crippen LogP contribution is 2.21. The number of esters is 1. The van der Waals surface area contributed by atoms with Gasteiger partial charge in [0.25, 0.3) is 0 Å². The minimum Gasteiger partial charge on any atom is -0.482 e. The van der Waals surface area contributed by atoms with Crippen molar-refractivity contribution in [2.24, 2.45) is 0 Å². The van der Waals surface area contributed by atoms with Crippen molar-refractivity contribution in [3.05, 3.63) is 58.6 Å². The molecule has 2 aromatic carbocycles. The Morgan fingerprint density at radius 3 is 2.45 bits per heavy atom. The van der Waals surface area contributed by atoms with Gasteiger partial charge in [0.05, 0.1) is 0 Å². The molecule has 0 radical (unpaired) electrons. The topological polar surface area (TPSA) is 35.5 Å². The van der Waals surface area contributed by atoms with Gasteiger partial charge >= 0.3 is 5.97 Å². The molecule has 0 N–H and O–H groups in total. The largest absolute Gasteiger partial charge is 0.482 e. The van der Waals surface area contributed by atoms with Gasteiger partial charge in [-0.05, 0) is 49.7 Å². The number of ether oxygens (including phenoxy) is 2. The lowest BCUT2D eigenvalue weighted by atomic mass is 10.2. The van der Waals surface area contributed by atoms with Gasteiger partial charge in [0.2, 0.25) is 0 Å². The summed E-state index contributed by atoms with van der Waals surface area (Å²) >= 11 is 5.85. The van der Waals surface area contributed by atoms with E-state index >= 15 is 0 Å². The summed E-state index contributed by atoms with van der Waals surface area (Å²) in [5.74, 6) is 0.690. The fourth-order valence-electron chi connectivity index (χ4n) is 1.68. The molecule has 0 aliphatic heterocycles. The van der Waals surface area contributed by atoms with E-state index in [9.17, 15) is 4.79 Å². The van der Waals surface area contributed by atoms with Gasteiger partial charge in [-0.15, -0.1) is 0 Å². The third kappa shape index (κ3) is 4.00. The van der Waals surface area contributed by atoms with Crippen LogP contribution in [0, 0.1) is 13.8 Å². The molecule has 0 saturated carbocycles. The quantitative estimate of drug-likeness (QED) is 0.632. The molecule has 20 heavy (non-hydrogen) atoms. The number of hydrogen-bond donors (Lipinski definition) is 0. The normalized spacial score (nSPS) is 10.2. The van der Waals surface area contributed by atoms with Crippen LogP contribution in [0.15, 0.2) is 42.5 Å².